The molecule has 0 spiro atoms. The van der Waals surface area contributed by atoms with E-state index in [1.807, 2.05) is 0 Å². The molecule has 0 bridgehead atoms. The van der Waals surface area contributed by atoms with Gasteiger partial charge in [0, 0.05) is 12.4 Å². The second-order valence-corrected chi connectivity index (χ2v) is 6.19. The number of hydrogen-bond acceptors (Lipinski definition) is 2. The summed E-state index contributed by atoms with van der Waals surface area (Å²) >= 11 is 0. The number of hydrogen-bond donors (Lipinski definition) is 1. The fourth-order valence-electron chi connectivity index (χ4n) is 2.86. The Morgan fingerprint density at radius 3 is 2.00 bits per heavy atom. The van der Waals surface area contributed by atoms with Crippen molar-refractivity contribution < 1.29 is 9.90 Å². The highest BCUT2D eigenvalue weighted by Gasteiger charge is 2.17. The Bertz CT molecular complexity index is 376. The van der Waals surface area contributed by atoms with Gasteiger partial charge in [-0.3, -0.25) is 0 Å². The lowest BCUT2D eigenvalue weighted by Crippen LogP contribution is -2.17. The van der Waals surface area contributed by atoms with E-state index in [-0.39, 0.29) is 0 Å². The first-order valence-electron chi connectivity index (χ1n) is 8.96. The Kier molecular flexibility index (Phi) is 10.4. The lowest BCUT2D eigenvalue weighted by molar-refractivity contribution is -0.141. The number of carboxylic acid groups (broad SMARTS) is 1. The maximum atomic E-state index is 11.3. The maximum Gasteiger partial charge on any atom is 0.326 e. The van der Waals surface area contributed by atoms with E-state index in [1.165, 1.54) is 57.8 Å². The van der Waals surface area contributed by atoms with E-state index in [2.05, 4.69) is 11.9 Å². The zero-order chi connectivity index (χ0) is 16.0. The van der Waals surface area contributed by atoms with E-state index >= 15 is 0 Å². The molecule has 1 atom stereocenters. The first-order chi connectivity index (χ1) is 10.8. The summed E-state index contributed by atoms with van der Waals surface area (Å²) in [7, 11) is 0. The van der Waals surface area contributed by atoms with Crippen molar-refractivity contribution in [3.63, 3.8) is 0 Å². The molecule has 126 valence electrons. The van der Waals surface area contributed by atoms with Crippen LogP contribution in [0, 0.1) is 0 Å². The Balaban J connectivity index is 1.97. The number of nitrogens with zero attached hydrogens (tertiary/aromatic N) is 2. The third-order valence-electron chi connectivity index (χ3n) is 4.25. The van der Waals surface area contributed by atoms with Gasteiger partial charge in [0.2, 0.25) is 0 Å². The van der Waals surface area contributed by atoms with Crippen LogP contribution in [0.4, 0.5) is 0 Å². The standard InChI is InChI=1S/C18H32N2O2/c1-2-3-4-5-6-7-8-9-10-11-12-13-17(18(21)22)20-15-14-19-16-20/h14-17H,2-13H2,1H3,(H,21,22). The van der Waals surface area contributed by atoms with Crippen LogP contribution in [-0.4, -0.2) is 20.6 Å². The molecule has 0 aliphatic heterocycles. The molecule has 0 radical (unpaired) electrons. The maximum absolute atomic E-state index is 11.3. The van der Waals surface area contributed by atoms with Crippen molar-refractivity contribution in [2.45, 2.75) is 90.0 Å². The first kappa shape index (κ1) is 18.7. The number of carbonyl (C=O) groups is 1. The van der Waals surface area contributed by atoms with Crippen molar-refractivity contribution in [2.75, 3.05) is 0 Å². The predicted octanol–water partition coefficient (Wildman–Crippen LogP) is 5.21. The monoisotopic (exact) mass is 308 g/mol. The van der Waals surface area contributed by atoms with Crippen LogP contribution in [0.15, 0.2) is 18.7 Å². The Morgan fingerprint density at radius 1 is 1.00 bits per heavy atom. The average Bonchev–Trinajstić information content (AvgIpc) is 3.02. The zero-order valence-corrected chi connectivity index (χ0v) is 14.0. The van der Waals surface area contributed by atoms with E-state index < -0.39 is 12.0 Å². The van der Waals surface area contributed by atoms with Gasteiger partial charge >= 0.3 is 5.97 Å². The van der Waals surface area contributed by atoms with Crippen LogP contribution in [0.1, 0.15) is 90.0 Å². The molecular weight excluding hydrogens is 276 g/mol. The van der Waals surface area contributed by atoms with Gasteiger partial charge in [0.25, 0.3) is 0 Å². The van der Waals surface area contributed by atoms with Gasteiger partial charge in [0.05, 0.1) is 6.33 Å². The van der Waals surface area contributed by atoms with Gasteiger partial charge in [-0.2, -0.15) is 0 Å². The second kappa shape index (κ2) is 12.2. The molecule has 0 amide bonds. The van der Waals surface area contributed by atoms with Crippen molar-refractivity contribution in [3.05, 3.63) is 18.7 Å². The quantitative estimate of drug-likeness (QED) is 0.480. The molecule has 0 saturated carbocycles. The molecular formula is C18H32N2O2. The number of imidazole rings is 1. The van der Waals surface area contributed by atoms with Crippen LogP contribution in [-0.2, 0) is 4.79 Å². The van der Waals surface area contributed by atoms with Gasteiger partial charge in [-0.05, 0) is 6.42 Å². The van der Waals surface area contributed by atoms with Crippen LogP contribution in [0.25, 0.3) is 0 Å². The highest BCUT2D eigenvalue weighted by atomic mass is 16.4. The normalized spacial score (nSPS) is 12.4. The number of carboxylic acids is 1. The van der Waals surface area contributed by atoms with Crippen molar-refractivity contribution in [2.24, 2.45) is 0 Å². The van der Waals surface area contributed by atoms with E-state index in [0.29, 0.717) is 6.42 Å². The van der Waals surface area contributed by atoms with E-state index in [1.54, 1.807) is 23.3 Å². The van der Waals surface area contributed by atoms with Gasteiger partial charge in [0.15, 0.2) is 0 Å². The molecule has 0 aliphatic carbocycles. The minimum absolute atomic E-state index is 0.457. The van der Waals surface area contributed by atoms with Gasteiger partial charge in [-0.15, -0.1) is 0 Å². The summed E-state index contributed by atoms with van der Waals surface area (Å²) in [6, 6.07) is -0.457. The topological polar surface area (TPSA) is 55.1 Å². The number of rotatable bonds is 14. The molecule has 4 nitrogen and oxygen atoms in total. The third kappa shape index (κ3) is 8.20. The summed E-state index contributed by atoms with van der Waals surface area (Å²) in [5.41, 5.74) is 0. The predicted molar refractivity (Wildman–Crippen MR) is 90.0 cm³/mol. The van der Waals surface area contributed by atoms with E-state index in [0.717, 1.165) is 12.8 Å². The van der Waals surface area contributed by atoms with Gasteiger partial charge in [0.1, 0.15) is 6.04 Å². The van der Waals surface area contributed by atoms with Crippen molar-refractivity contribution >= 4 is 5.97 Å². The molecule has 1 aromatic heterocycles. The lowest BCUT2D eigenvalue weighted by atomic mass is 10.0. The number of aromatic nitrogens is 2. The Labute approximate surface area is 135 Å². The second-order valence-electron chi connectivity index (χ2n) is 6.19. The van der Waals surface area contributed by atoms with Crippen molar-refractivity contribution in [1.29, 1.82) is 0 Å². The Hall–Kier alpha value is -1.32. The summed E-state index contributed by atoms with van der Waals surface area (Å²) in [4.78, 5) is 15.2. The van der Waals surface area contributed by atoms with Crippen LogP contribution >= 0.6 is 0 Å². The average molecular weight is 308 g/mol. The van der Waals surface area contributed by atoms with E-state index in [9.17, 15) is 9.90 Å². The van der Waals surface area contributed by atoms with Crippen LogP contribution in [0.2, 0.25) is 0 Å². The van der Waals surface area contributed by atoms with Gasteiger partial charge in [-0.25, -0.2) is 9.78 Å². The first-order valence-corrected chi connectivity index (χ1v) is 8.96. The molecule has 1 heterocycles. The smallest absolute Gasteiger partial charge is 0.326 e. The minimum Gasteiger partial charge on any atom is -0.480 e. The molecule has 1 rings (SSSR count). The molecule has 0 aromatic carbocycles. The van der Waals surface area contributed by atoms with Gasteiger partial charge < -0.3 is 9.67 Å². The summed E-state index contributed by atoms with van der Waals surface area (Å²) in [6.07, 6.45) is 19.8. The summed E-state index contributed by atoms with van der Waals surface area (Å²) in [5, 5.41) is 9.26. The molecule has 0 aliphatic rings. The third-order valence-corrected chi connectivity index (χ3v) is 4.25. The highest BCUT2D eigenvalue weighted by molar-refractivity contribution is 5.71. The molecule has 0 fully saturated rings. The molecule has 4 heteroatoms. The summed E-state index contributed by atoms with van der Waals surface area (Å²) < 4.78 is 1.69. The van der Waals surface area contributed by atoms with Crippen LogP contribution in [0.3, 0.4) is 0 Å². The molecule has 1 aromatic rings. The minimum atomic E-state index is -0.759. The number of unbranched alkanes of at least 4 members (excludes halogenated alkanes) is 10. The lowest BCUT2D eigenvalue weighted by Gasteiger charge is -2.13. The van der Waals surface area contributed by atoms with Gasteiger partial charge in [-0.1, -0.05) is 77.6 Å². The molecule has 0 saturated heterocycles. The van der Waals surface area contributed by atoms with Crippen molar-refractivity contribution in [3.8, 4) is 0 Å². The molecule has 22 heavy (non-hydrogen) atoms. The van der Waals surface area contributed by atoms with Crippen LogP contribution in [0.5, 0.6) is 0 Å². The zero-order valence-electron chi connectivity index (χ0n) is 14.0. The largest absolute Gasteiger partial charge is 0.480 e. The van der Waals surface area contributed by atoms with E-state index in [4.69, 9.17) is 0 Å². The summed E-state index contributed by atoms with van der Waals surface area (Å²) in [6.45, 7) is 2.25. The fourth-order valence-corrected chi connectivity index (χ4v) is 2.86. The highest BCUT2D eigenvalue weighted by Crippen LogP contribution is 2.17. The number of aliphatic carboxylic acids is 1. The van der Waals surface area contributed by atoms with Crippen molar-refractivity contribution in [1.82, 2.24) is 9.55 Å². The Morgan fingerprint density at radius 2 is 1.55 bits per heavy atom. The summed E-state index contributed by atoms with van der Waals surface area (Å²) in [5.74, 6) is -0.759. The molecule has 1 N–H and O–H groups in total. The fraction of sp³-hybridized carbons (Fsp3) is 0.778. The molecule has 1 unspecified atom stereocenters. The van der Waals surface area contributed by atoms with Crippen LogP contribution < -0.4 is 0 Å². The SMILES string of the molecule is CCCCCCCCCCCCCC(C(=O)O)n1ccnc1.